The summed E-state index contributed by atoms with van der Waals surface area (Å²) < 4.78 is 8.12. The number of nitrogens with two attached hydrogens (primary N) is 1. The van der Waals surface area contributed by atoms with Crippen LogP contribution in [0.25, 0.3) is 11.2 Å². The monoisotopic (exact) mass is 296 g/mol. The minimum Gasteiger partial charge on any atom is -0.383 e. The number of H-pyrrole nitrogens is 1. The van der Waals surface area contributed by atoms with Crippen molar-refractivity contribution in [3.05, 3.63) is 20.8 Å². The van der Waals surface area contributed by atoms with Gasteiger partial charge >= 0.3 is 5.69 Å². The summed E-state index contributed by atoms with van der Waals surface area (Å²) in [5.74, 6) is 0.528. The largest absolute Gasteiger partial charge is 0.383 e. The topological polar surface area (TPSA) is 120 Å². The van der Waals surface area contributed by atoms with Crippen LogP contribution >= 0.6 is 0 Å². The molecule has 0 atom stereocenters. The van der Waals surface area contributed by atoms with E-state index in [9.17, 15) is 9.59 Å². The van der Waals surface area contributed by atoms with Crippen molar-refractivity contribution in [1.82, 2.24) is 19.1 Å². The Kier molecular flexibility index (Phi) is 4.76. The van der Waals surface area contributed by atoms with Gasteiger partial charge in [0.1, 0.15) is 0 Å². The lowest BCUT2D eigenvalue weighted by atomic mass is 10.5. The van der Waals surface area contributed by atoms with Crippen molar-refractivity contribution >= 4 is 17.1 Å². The van der Waals surface area contributed by atoms with E-state index in [0.717, 1.165) is 0 Å². The van der Waals surface area contributed by atoms with Gasteiger partial charge in [-0.2, -0.15) is 4.98 Å². The SMILES string of the molecule is CCn1c(NCCN)nc2c1c(=O)[nH]c(=O)n2CCOC. The van der Waals surface area contributed by atoms with E-state index in [1.807, 2.05) is 6.92 Å². The highest BCUT2D eigenvalue weighted by molar-refractivity contribution is 5.74. The zero-order valence-corrected chi connectivity index (χ0v) is 12.2. The third-order valence-corrected chi connectivity index (χ3v) is 3.15. The molecule has 0 aliphatic rings. The van der Waals surface area contributed by atoms with Gasteiger partial charge in [-0.15, -0.1) is 0 Å². The minimum absolute atomic E-state index is 0.319. The van der Waals surface area contributed by atoms with Crippen LogP contribution in [0.2, 0.25) is 0 Å². The van der Waals surface area contributed by atoms with Gasteiger partial charge in [0.2, 0.25) is 5.95 Å². The van der Waals surface area contributed by atoms with E-state index in [4.69, 9.17) is 10.5 Å². The number of anilines is 1. The number of hydrogen-bond donors (Lipinski definition) is 3. The number of methoxy groups -OCH3 is 1. The van der Waals surface area contributed by atoms with Crippen molar-refractivity contribution in [2.45, 2.75) is 20.0 Å². The lowest BCUT2D eigenvalue weighted by molar-refractivity contribution is 0.187. The second kappa shape index (κ2) is 6.55. The van der Waals surface area contributed by atoms with Gasteiger partial charge in [-0.1, -0.05) is 0 Å². The first-order valence-corrected chi connectivity index (χ1v) is 6.80. The maximum absolute atomic E-state index is 12.1. The quantitative estimate of drug-likeness (QED) is 0.598. The van der Waals surface area contributed by atoms with Gasteiger partial charge in [0.05, 0.1) is 13.2 Å². The summed E-state index contributed by atoms with van der Waals surface area (Å²) in [6, 6.07) is 0. The molecule has 0 unspecified atom stereocenters. The van der Waals surface area contributed by atoms with Gasteiger partial charge in [0.15, 0.2) is 11.2 Å². The molecule has 0 saturated heterocycles. The molecule has 2 rings (SSSR count). The van der Waals surface area contributed by atoms with E-state index >= 15 is 0 Å². The highest BCUT2D eigenvalue weighted by Crippen LogP contribution is 2.15. The number of nitrogens with zero attached hydrogens (tertiary/aromatic N) is 3. The lowest BCUT2D eigenvalue weighted by Crippen LogP contribution is -2.32. The van der Waals surface area contributed by atoms with Crippen LogP contribution in [0.5, 0.6) is 0 Å². The van der Waals surface area contributed by atoms with E-state index in [2.05, 4.69) is 15.3 Å². The number of ether oxygens (including phenoxy) is 1. The molecule has 9 nitrogen and oxygen atoms in total. The van der Waals surface area contributed by atoms with Crippen LogP contribution in [0.3, 0.4) is 0 Å². The van der Waals surface area contributed by atoms with Crippen molar-refractivity contribution in [2.75, 3.05) is 32.1 Å². The second-order valence-electron chi connectivity index (χ2n) is 4.47. The molecule has 0 aliphatic carbocycles. The number of rotatable bonds is 7. The molecule has 0 fully saturated rings. The van der Waals surface area contributed by atoms with Crippen LogP contribution in [-0.4, -0.2) is 45.9 Å². The molecule has 2 heterocycles. The van der Waals surface area contributed by atoms with Crippen LogP contribution in [0.1, 0.15) is 6.92 Å². The molecule has 0 saturated carbocycles. The minimum atomic E-state index is -0.490. The van der Waals surface area contributed by atoms with Crippen LogP contribution in [0, 0.1) is 0 Å². The first kappa shape index (κ1) is 15.3. The average Bonchev–Trinajstić information content (AvgIpc) is 2.83. The zero-order chi connectivity index (χ0) is 15.4. The fourth-order valence-corrected chi connectivity index (χ4v) is 2.19. The summed E-state index contributed by atoms with van der Waals surface area (Å²) in [6.45, 7) is 4.10. The molecule has 2 aromatic rings. The predicted octanol–water partition coefficient (Wildman–Crippen LogP) is -1.08. The molecular formula is C12H20N6O3. The summed E-state index contributed by atoms with van der Waals surface area (Å²) in [5.41, 5.74) is 5.25. The average molecular weight is 296 g/mol. The van der Waals surface area contributed by atoms with Crippen molar-refractivity contribution in [1.29, 1.82) is 0 Å². The molecule has 0 aromatic carbocycles. The first-order chi connectivity index (χ1) is 10.1. The number of fused-ring (bicyclic) bond motifs is 1. The van der Waals surface area contributed by atoms with E-state index in [1.165, 1.54) is 4.57 Å². The Hall–Kier alpha value is -2.13. The van der Waals surface area contributed by atoms with E-state index in [0.29, 0.717) is 49.9 Å². The first-order valence-electron chi connectivity index (χ1n) is 6.80. The summed E-state index contributed by atoms with van der Waals surface area (Å²) in [6.07, 6.45) is 0. The molecule has 2 aromatic heterocycles. The fourth-order valence-electron chi connectivity index (χ4n) is 2.19. The number of hydrogen-bond acceptors (Lipinski definition) is 6. The Morgan fingerprint density at radius 2 is 2.14 bits per heavy atom. The number of aromatic amines is 1. The molecule has 0 bridgehead atoms. The van der Waals surface area contributed by atoms with Crippen molar-refractivity contribution in [2.24, 2.45) is 5.73 Å². The van der Waals surface area contributed by atoms with Crippen molar-refractivity contribution in [3.63, 3.8) is 0 Å². The molecule has 0 aliphatic heterocycles. The normalized spacial score (nSPS) is 11.2. The second-order valence-corrected chi connectivity index (χ2v) is 4.47. The molecule has 0 radical (unpaired) electrons. The molecule has 0 spiro atoms. The number of nitrogens with one attached hydrogen (secondary N) is 2. The van der Waals surface area contributed by atoms with Gasteiger partial charge in [-0.25, -0.2) is 4.79 Å². The number of aromatic nitrogens is 4. The summed E-state index contributed by atoms with van der Waals surface area (Å²) in [5, 5.41) is 3.06. The maximum Gasteiger partial charge on any atom is 0.330 e. The van der Waals surface area contributed by atoms with E-state index in [1.54, 1.807) is 11.7 Å². The van der Waals surface area contributed by atoms with Crippen molar-refractivity contribution in [3.8, 4) is 0 Å². The molecular weight excluding hydrogens is 276 g/mol. The predicted molar refractivity (Wildman–Crippen MR) is 79.7 cm³/mol. The van der Waals surface area contributed by atoms with Gasteiger partial charge in [-0.05, 0) is 6.92 Å². The summed E-state index contributed by atoms with van der Waals surface area (Å²) >= 11 is 0. The van der Waals surface area contributed by atoms with E-state index in [-0.39, 0.29) is 0 Å². The van der Waals surface area contributed by atoms with Crippen LogP contribution in [0.4, 0.5) is 5.95 Å². The summed E-state index contributed by atoms with van der Waals surface area (Å²) in [7, 11) is 1.55. The van der Waals surface area contributed by atoms with E-state index < -0.39 is 11.2 Å². The van der Waals surface area contributed by atoms with Crippen LogP contribution in [-0.2, 0) is 17.8 Å². The highest BCUT2D eigenvalue weighted by Gasteiger charge is 2.17. The lowest BCUT2D eigenvalue weighted by Gasteiger charge is -2.07. The highest BCUT2D eigenvalue weighted by atomic mass is 16.5. The Balaban J connectivity index is 2.66. The molecule has 116 valence electrons. The smallest absolute Gasteiger partial charge is 0.330 e. The molecule has 4 N–H and O–H groups in total. The fraction of sp³-hybridized carbons (Fsp3) is 0.583. The molecule has 9 heteroatoms. The zero-order valence-electron chi connectivity index (χ0n) is 12.2. The van der Waals surface area contributed by atoms with Crippen molar-refractivity contribution < 1.29 is 4.74 Å². The van der Waals surface area contributed by atoms with Gasteiger partial charge in [0.25, 0.3) is 5.56 Å². The Labute approximate surface area is 120 Å². The number of imidazole rings is 1. The van der Waals surface area contributed by atoms with Gasteiger partial charge in [-0.3, -0.25) is 14.3 Å². The summed E-state index contributed by atoms with van der Waals surface area (Å²) in [4.78, 5) is 30.7. The standard InChI is InChI=1S/C12H20N6O3/c1-3-17-8-9(15-11(17)14-5-4-13)18(6-7-21-2)12(20)16-10(8)19/h3-7,13H2,1-2H3,(H,14,15)(H,16,19,20). The Bertz CT molecular complexity index is 729. The van der Waals surface area contributed by atoms with Gasteiger partial charge in [0, 0.05) is 26.7 Å². The maximum atomic E-state index is 12.1. The third-order valence-electron chi connectivity index (χ3n) is 3.15. The van der Waals surface area contributed by atoms with Gasteiger partial charge < -0.3 is 20.4 Å². The Morgan fingerprint density at radius 1 is 1.38 bits per heavy atom. The Morgan fingerprint density at radius 3 is 2.76 bits per heavy atom. The molecule has 0 amide bonds. The van der Waals surface area contributed by atoms with Crippen LogP contribution in [0.15, 0.2) is 9.59 Å². The molecule has 21 heavy (non-hydrogen) atoms. The van der Waals surface area contributed by atoms with Crippen LogP contribution < -0.4 is 22.3 Å². The number of aryl methyl sites for hydroxylation is 1. The third kappa shape index (κ3) is 2.83.